The van der Waals surface area contributed by atoms with Gasteiger partial charge in [-0.15, -0.1) is 0 Å². The highest BCUT2D eigenvalue weighted by atomic mass is 16.5. The van der Waals surface area contributed by atoms with Gasteiger partial charge in [0.25, 0.3) is 0 Å². The largest absolute Gasteiger partial charge is 0.373 e. The molecular formula is C19H25N5O. The van der Waals surface area contributed by atoms with Gasteiger partial charge in [0, 0.05) is 31.7 Å². The van der Waals surface area contributed by atoms with E-state index in [4.69, 9.17) is 4.74 Å². The minimum Gasteiger partial charge on any atom is -0.373 e. The molecule has 2 aromatic heterocycles. The first-order valence-electron chi connectivity index (χ1n) is 9.14. The SMILES string of the molecule is CCc1cnc(N2CCC3(CC2)CC(Nc2ccccn2)CO3)nc1. The quantitative estimate of drug-likeness (QED) is 0.924. The maximum absolute atomic E-state index is 6.23. The first-order valence-corrected chi connectivity index (χ1v) is 9.14. The predicted octanol–water partition coefficient (Wildman–Crippen LogP) is 2.67. The zero-order chi connectivity index (χ0) is 17.1. The molecule has 0 radical (unpaired) electrons. The number of pyridine rings is 1. The molecule has 2 saturated heterocycles. The molecule has 1 N–H and O–H groups in total. The van der Waals surface area contributed by atoms with Crippen LogP contribution < -0.4 is 10.2 Å². The van der Waals surface area contributed by atoms with Crippen LogP contribution in [0.5, 0.6) is 0 Å². The maximum Gasteiger partial charge on any atom is 0.225 e. The highest BCUT2D eigenvalue weighted by molar-refractivity contribution is 5.36. The lowest BCUT2D eigenvalue weighted by Crippen LogP contribution is -2.45. The Morgan fingerprint density at radius 2 is 2.00 bits per heavy atom. The van der Waals surface area contributed by atoms with Gasteiger partial charge in [0.05, 0.1) is 18.2 Å². The van der Waals surface area contributed by atoms with E-state index < -0.39 is 0 Å². The fourth-order valence-electron chi connectivity index (χ4n) is 3.75. The van der Waals surface area contributed by atoms with Crippen molar-refractivity contribution in [2.75, 3.05) is 29.9 Å². The van der Waals surface area contributed by atoms with Crippen molar-refractivity contribution in [3.05, 3.63) is 42.4 Å². The lowest BCUT2D eigenvalue weighted by atomic mass is 9.87. The van der Waals surface area contributed by atoms with Crippen LogP contribution in [0.15, 0.2) is 36.8 Å². The lowest BCUT2D eigenvalue weighted by molar-refractivity contribution is -0.0149. The first-order chi connectivity index (χ1) is 12.3. The summed E-state index contributed by atoms with van der Waals surface area (Å²) in [7, 11) is 0. The molecule has 2 aliphatic rings. The topological polar surface area (TPSA) is 63.2 Å². The Hall–Kier alpha value is -2.21. The second-order valence-corrected chi connectivity index (χ2v) is 6.99. The van der Waals surface area contributed by atoms with E-state index in [9.17, 15) is 0 Å². The molecule has 2 aromatic rings. The Morgan fingerprint density at radius 1 is 1.20 bits per heavy atom. The molecule has 4 heterocycles. The van der Waals surface area contributed by atoms with Crippen molar-refractivity contribution in [2.45, 2.75) is 44.2 Å². The summed E-state index contributed by atoms with van der Waals surface area (Å²) >= 11 is 0. The molecule has 132 valence electrons. The zero-order valence-electron chi connectivity index (χ0n) is 14.7. The summed E-state index contributed by atoms with van der Waals surface area (Å²) in [5.41, 5.74) is 1.17. The van der Waals surface area contributed by atoms with Crippen LogP contribution in [-0.4, -0.2) is 46.3 Å². The third kappa shape index (κ3) is 3.58. The second kappa shape index (κ2) is 6.96. The summed E-state index contributed by atoms with van der Waals surface area (Å²) < 4.78 is 6.23. The maximum atomic E-state index is 6.23. The number of rotatable bonds is 4. The number of hydrogen-bond acceptors (Lipinski definition) is 6. The van der Waals surface area contributed by atoms with Crippen LogP contribution in [0.2, 0.25) is 0 Å². The number of piperidine rings is 1. The van der Waals surface area contributed by atoms with Crippen molar-refractivity contribution in [1.82, 2.24) is 15.0 Å². The average molecular weight is 339 g/mol. The zero-order valence-corrected chi connectivity index (χ0v) is 14.7. The van der Waals surface area contributed by atoms with Gasteiger partial charge in [-0.25, -0.2) is 15.0 Å². The molecule has 2 fully saturated rings. The molecule has 6 heteroatoms. The van der Waals surface area contributed by atoms with E-state index >= 15 is 0 Å². The molecule has 1 spiro atoms. The molecule has 0 aromatic carbocycles. The molecule has 4 rings (SSSR count). The number of ether oxygens (including phenoxy) is 1. The monoisotopic (exact) mass is 339 g/mol. The summed E-state index contributed by atoms with van der Waals surface area (Å²) in [6.45, 7) is 4.76. The molecular weight excluding hydrogens is 314 g/mol. The molecule has 1 atom stereocenters. The van der Waals surface area contributed by atoms with E-state index in [0.29, 0.717) is 6.04 Å². The van der Waals surface area contributed by atoms with Crippen LogP contribution in [0.4, 0.5) is 11.8 Å². The molecule has 0 bridgehead atoms. The first kappa shape index (κ1) is 16.3. The number of aromatic nitrogens is 3. The van der Waals surface area contributed by atoms with Crippen molar-refractivity contribution in [3.63, 3.8) is 0 Å². The number of nitrogens with one attached hydrogen (secondary N) is 1. The van der Waals surface area contributed by atoms with Crippen molar-refractivity contribution in [1.29, 1.82) is 0 Å². The standard InChI is InChI=1S/C19H25N5O/c1-2-15-12-21-18(22-13-15)24-9-6-19(7-10-24)11-16(14-25-19)23-17-5-3-4-8-20-17/h3-5,8,12-13,16H,2,6-7,9-11,14H2,1H3,(H,20,23). The lowest BCUT2D eigenvalue weighted by Gasteiger charge is -2.38. The van der Waals surface area contributed by atoms with Gasteiger partial charge in [0.1, 0.15) is 5.82 Å². The summed E-state index contributed by atoms with van der Waals surface area (Å²) in [6.07, 6.45) is 9.74. The smallest absolute Gasteiger partial charge is 0.225 e. The van der Waals surface area contributed by atoms with Gasteiger partial charge in [-0.3, -0.25) is 0 Å². The summed E-state index contributed by atoms with van der Waals surface area (Å²) in [6, 6.07) is 6.28. The van der Waals surface area contributed by atoms with Gasteiger partial charge in [0.15, 0.2) is 0 Å². The van der Waals surface area contributed by atoms with Crippen molar-refractivity contribution >= 4 is 11.8 Å². The molecule has 2 aliphatic heterocycles. The number of anilines is 2. The second-order valence-electron chi connectivity index (χ2n) is 6.99. The Labute approximate surface area is 148 Å². The van der Waals surface area contributed by atoms with Crippen molar-refractivity contribution in [3.8, 4) is 0 Å². The molecule has 0 aliphatic carbocycles. The predicted molar refractivity (Wildman–Crippen MR) is 97.8 cm³/mol. The molecule has 6 nitrogen and oxygen atoms in total. The molecule has 0 amide bonds. The Morgan fingerprint density at radius 3 is 2.68 bits per heavy atom. The van der Waals surface area contributed by atoms with E-state index in [0.717, 1.165) is 57.1 Å². The van der Waals surface area contributed by atoms with Crippen molar-refractivity contribution < 1.29 is 4.74 Å². The molecule has 0 saturated carbocycles. The van der Waals surface area contributed by atoms with Gasteiger partial charge in [-0.2, -0.15) is 0 Å². The van der Waals surface area contributed by atoms with Crippen LogP contribution in [0.1, 0.15) is 31.7 Å². The molecule has 1 unspecified atom stereocenters. The average Bonchev–Trinajstić information content (AvgIpc) is 3.05. The number of aryl methyl sites for hydroxylation is 1. The fourth-order valence-corrected chi connectivity index (χ4v) is 3.75. The van der Waals surface area contributed by atoms with Gasteiger partial charge in [0.2, 0.25) is 5.95 Å². The normalized spacial score (nSPS) is 22.3. The summed E-state index contributed by atoms with van der Waals surface area (Å²) in [5, 5.41) is 3.49. The van der Waals surface area contributed by atoms with Gasteiger partial charge < -0.3 is 15.0 Å². The van der Waals surface area contributed by atoms with Crippen LogP contribution in [0.25, 0.3) is 0 Å². The summed E-state index contributed by atoms with van der Waals surface area (Å²) in [4.78, 5) is 15.6. The van der Waals surface area contributed by atoms with E-state index in [1.54, 1.807) is 0 Å². The summed E-state index contributed by atoms with van der Waals surface area (Å²) in [5.74, 6) is 1.77. The fraction of sp³-hybridized carbons (Fsp3) is 0.526. The van der Waals surface area contributed by atoms with Crippen LogP contribution in [-0.2, 0) is 11.2 Å². The van der Waals surface area contributed by atoms with E-state index in [1.807, 2.05) is 36.8 Å². The minimum absolute atomic E-state index is 0.00763. The third-order valence-electron chi connectivity index (χ3n) is 5.28. The Kier molecular flexibility index (Phi) is 4.53. The minimum atomic E-state index is -0.00763. The Bertz CT molecular complexity index is 683. The Balaban J connectivity index is 1.33. The highest BCUT2D eigenvalue weighted by Crippen LogP contribution is 2.37. The van der Waals surface area contributed by atoms with E-state index in [1.165, 1.54) is 5.56 Å². The van der Waals surface area contributed by atoms with Crippen LogP contribution in [0, 0.1) is 0 Å². The van der Waals surface area contributed by atoms with Gasteiger partial charge in [-0.1, -0.05) is 13.0 Å². The van der Waals surface area contributed by atoms with Crippen LogP contribution in [0.3, 0.4) is 0 Å². The molecule has 25 heavy (non-hydrogen) atoms. The van der Waals surface area contributed by atoms with Gasteiger partial charge in [-0.05, 0) is 43.4 Å². The number of hydrogen-bond donors (Lipinski definition) is 1. The van der Waals surface area contributed by atoms with E-state index in [2.05, 4.69) is 32.1 Å². The third-order valence-corrected chi connectivity index (χ3v) is 5.28. The van der Waals surface area contributed by atoms with Crippen LogP contribution >= 0.6 is 0 Å². The highest BCUT2D eigenvalue weighted by Gasteiger charge is 2.43. The van der Waals surface area contributed by atoms with Gasteiger partial charge >= 0.3 is 0 Å². The number of nitrogens with zero attached hydrogens (tertiary/aromatic N) is 4. The van der Waals surface area contributed by atoms with E-state index in [-0.39, 0.29) is 5.60 Å². The van der Waals surface area contributed by atoms with Crippen molar-refractivity contribution in [2.24, 2.45) is 0 Å².